The fourth-order valence-electron chi connectivity index (χ4n) is 1.20. The minimum Gasteiger partial charge on any atom is -0.448 e. The largest absolute Gasteiger partial charge is 0.448 e. The third kappa shape index (κ3) is 5.25. The van der Waals surface area contributed by atoms with Gasteiger partial charge in [-0.3, -0.25) is 4.79 Å². The summed E-state index contributed by atoms with van der Waals surface area (Å²) in [7, 11) is 0. The van der Waals surface area contributed by atoms with Crippen LogP contribution in [0.25, 0.3) is 0 Å². The highest BCUT2D eigenvalue weighted by Gasteiger charge is 2.18. The first-order valence-corrected chi connectivity index (χ1v) is 6.97. The first-order chi connectivity index (χ1) is 8.90. The van der Waals surface area contributed by atoms with Crippen molar-refractivity contribution in [2.24, 2.45) is 11.7 Å². The number of anilines is 1. The van der Waals surface area contributed by atoms with Gasteiger partial charge in [-0.05, 0) is 19.3 Å². The van der Waals surface area contributed by atoms with Crippen molar-refractivity contribution in [3.05, 3.63) is 11.1 Å². The summed E-state index contributed by atoms with van der Waals surface area (Å²) in [5.41, 5.74) is 5.20. The lowest BCUT2D eigenvalue weighted by Crippen LogP contribution is -2.30. The SMILES string of the molecule is CC(C)CCNc1nc(C(=O)O[C@H](C)C(N)=O)cs1. The molecule has 1 heterocycles. The zero-order valence-electron chi connectivity index (χ0n) is 11.3. The van der Waals surface area contributed by atoms with Crippen LogP contribution in [0.4, 0.5) is 5.13 Å². The summed E-state index contributed by atoms with van der Waals surface area (Å²) in [5, 5.41) is 5.39. The van der Waals surface area contributed by atoms with Gasteiger partial charge in [-0.2, -0.15) is 0 Å². The van der Waals surface area contributed by atoms with E-state index >= 15 is 0 Å². The molecule has 1 aromatic heterocycles. The Balaban J connectivity index is 2.49. The molecule has 0 fully saturated rings. The lowest BCUT2D eigenvalue weighted by molar-refractivity contribution is -0.125. The van der Waals surface area contributed by atoms with Crippen molar-refractivity contribution in [3.8, 4) is 0 Å². The Kier molecular flexibility index (Phi) is 5.75. The van der Waals surface area contributed by atoms with E-state index in [9.17, 15) is 9.59 Å². The normalized spacial score (nSPS) is 12.2. The average molecular weight is 285 g/mol. The molecule has 0 aliphatic rings. The molecule has 0 bridgehead atoms. The maximum atomic E-state index is 11.6. The number of carbonyl (C=O) groups excluding carboxylic acids is 2. The molecule has 0 spiro atoms. The van der Waals surface area contributed by atoms with Crippen LogP contribution in [0.15, 0.2) is 5.38 Å². The van der Waals surface area contributed by atoms with Gasteiger partial charge in [-0.1, -0.05) is 13.8 Å². The lowest BCUT2D eigenvalue weighted by atomic mass is 10.1. The molecule has 6 nitrogen and oxygen atoms in total. The first-order valence-electron chi connectivity index (χ1n) is 6.09. The molecule has 1 aromatic rings. The summed E-state index contributed by atoms with van der Waals surface area (Å²) in [6.45, 7) is 6.50. The van der Waals surface area contributed by atoms with Gasteiger partial charge in [0.1, 0.15) is 0 Å². The van der Waals surface area contributed by atoms with E-state index in [1.807, 2.05) is 0 Å². The monoisotopic (exact) mass is 285 g/mol. The van der Waals surface area contributed by atoms with E-state index in [1.54, 1.807) is 5.38 Å². The summed E-state index contributed by atoms with van der Waals surface area (Å²) in [6, 6.07) is 0. The molecular weight excluding hydrogens is 266 g/mol. The second-order valence-electron chi connectivity index (χ2n) is 4.60. The Hall–Kier alpha value is -1.63. The van der Waals surface area contributed by atoms with Gasteiger partial charge in [0.25, 0.3) is 5.91 Å². The van der Waals surface area contributed by atoms with E-state index in [1.165, 1.54) is 18.3 Å². The van der Waals surface area contributed by atoms with Gasteiger partial charge in [-0.25, -0.2) is 9.78 Å². The van der Waals surface area contributed by atoms with E-state index < -0.39 is 18.0 Å². The van der Waals surface area contributed by atoms with Crippen molar-refractivity contribution in [3.63, 3.8) is 0 Å². The number of nitrogens with two attached hydrogens (primary N) is 1. The number of primary amides is 1. The van der Waals surface area contributed by atoms with Crippen molar-refractivity contribution in [2.45, 2.75) is 33.3 Å². The second-order valence-corrected chi connectivity index (χ2v) is 5.46. The quantitative estimate of drug-likeness (QED) is 0.743. The van der Waals surface area contributed by atoms with Gasteiger partial charge < -0.3 is 15.8 Å². The fourth-order valence-corrected chi connectivity index (χ4v) is 1.90. The summed E-state index contributed by atoms with van der Waals surface area (Å²) in [4.78, 5) is 26.5. The Morgan fingerprint density at radius 2 is 2.16 bits per heavy atom. The smallest absolute Gasteiger partial charge is 0.358 e. The molecule has 0 aromatic carbocycles. The minimum atomic E-state index is -0.952. The van der Waals surface area contributed by atoms with Crippen LogP contribution in [-0.4, -0.2) is 29.5 Å². The molecule has 1 rings (SSSR count). The number of nitrogens with zero attached hydrogens (tertiary/aromatic N) is 1. The number of thiazole rings is 1. The predicted molar refractivity (Wildman–Crippen MR) is 74.1 cm³/mol. The molecule has 0 aliphatic carbocycles. The van der Waals surface area contributed by atoms with Crippen molar-refractivity contribution >= 4 is 28.3 Å². The van der Waals surface area contributed by atoms with Gasteiger partial charge in [0, 0.05) is 11.9 Å². The Morgan fingerprint density at radius 1 is 1.47 bits per heavy atom. The number of esters is 1. The highest BCUT2D eigenvalue weighted by atomic mass is 32.1. The zero-order valence-corrected chi connectivity index (χ0v) is 12.1. The van der Waals surface area contributed by atoms with Gasteiger partial charge in [-0.15, -0.1) is 11.3 Å². The molecule has 0 unspecified atom stereocenters. The molecule has 19 heavy (non-hydrogen) atoms. The van der Waals surface area contributed by atoms with Crippen LogP contribution in [0.1, 0.15) is 37.7 Å². The predicted octanol–water partition coefficient (Wildman–Crippen LogP) is 1.63. The lowest BCUT2D eigenvalue weighted by Gasteiger charge is -2.07. The zero-order chi connectivity index (χ0) is 14.4. The molecular formula is C12H19N3O3S. The molecule has 0 saturated carbocycles. The van der Waals surface area contributed by atoms with E-state index in [0.29, 0.717) is 11.0 Å². The van der Waals surface area contributed by atoms with Crippen molar-refractivity contribution < 1.29 is 14.3 Å². The number of nitrogens with one attached hydrogen (secondary N) is 1. The topological polar surface area (TPSA) is 94.3 Å². The Bertz CT molecular complexity index is 445. The third-order valence-corrected chi connectivity index (χ3v) is 3.20. The molecule has 7 heteroatoms. The molecule has 1 atom stereocenters. The summed E-state index contributed by atoms with van der Waals surface area (Å²) < 4.78 is 4.86. The number of carbonyl (C=O) groups is 2. The van der Waals surface area contributed by atoms with Gasteiger partial charge in [0.2, 0.25) is 0 Å². The standard InChI is InChI=1S/C12H19N3O3S/c1-7(2)4-5-14-12-15-9(6-19-12)11(17)18-8(3)10(13)16/h6-8H,4-5H2,1-3H3,(H2,13,16)(H,14,15)/t8-/m1/s1. The molecule has 3 N–H and O–H groups in total. The second kappa shape index (κ2) is 7.08. The molecule has 0 saturated heterocycles. The number of hydrogen-bond acceptors (Lipinski definition) is 6. The number of ether oxygens (including phenoxy) is 1. The van der Waals surface area contributed by atoms with E-state index in [-0.39, 0.29) is 5.69 Å². The fraction of sp³-hybridized carbons (Fsp3) is 0.583. The van der Waals surface area contributed by atoms with Crippen LogP contribution in [0.3, 0.4) is 0 Å². The van der Waals surface area contributed by atoms with Crippen LogP contribution < -0.4 is 11.1 Å². The van der Waals surface area contributed by atoms with E-state index in [2.05, 4.69) is 24.1 Å². The summed E-state index contributed by atoms with van der Waals surface area (Å²) in [6.07, 6.45) is 0.0736. The number of hydrogen-bond donors (Lipinski definition) is 2. The maximum absolute atomic E-state index is 11.6. The van der Waals surface area contributed by atoms with Gasteiger partial charge >= 0.3 is 5.97 Å². The summed E-state index contributed by atoms with van der Waals surface area (Å²) in [5.74, 6) is -0.716. The highest BCUT2D eigenvalue weighted by Crippen LogP contribution is 2.17. The van der Waals surface area contributed by atoms with Crippen LogP contribution >= 0.6 is 11.3 Å². The van der Waals surface area contributed by atoms with Gasteiger partial charge in [0.05, 0.1) is 0 Å². The van der Waals surface area contributed by atoms with Crippen molar-refractivity contribution in [2.75, 3.05) is 11.9 Å². The molecule has 0 radical (unpaired) electrons. The van der Waals surface area contributed by atoms with Crippen LogP contribution in [0.5, 0.6) is 0 Å². The van der Waals surface area contributed by atoms with Crippen molar-refractivity contribution in [1.29, 1.82) is 0 Å². The third-order valence-electron chi connectivity index (χ3n) is 2.40. The van der Waals surface area contributed by atoms with Crippen LogP contribution in [0.2, 0.25) is 0 Å². The van der Waals surface area contributed by atoms with Crippen molar-refractivity contribution in [1.82, 2.24) is 4.98 Å². The van der Waals surface area contributed by atoms with E-state index in [4.69, 9.17) is 10.5 Å². The van der Waals surface area contributed by atoms with Crippen LogP contribution in [-0.2, 0) is 9.53 Å². The molecule has 0 aliphatic heterocycles. The number of rotatable bonds is 7. The Morgan fingerprint density at radius 3 is 2.74 bits per heavy atom. The summed E-state index contributed by atoms with van der Waals surface area (Å²) >= 11 is 1.33. The average Bonchev–Trinajstić information content (AvgIpc) is 2.77. The number of aromatic nitrogens is 1. The highest BCUT2D eigenvalue weighted by molar-refractivity contribution is 7.13. The van der Waals surface area contributed by atoms with Gasteiger partial charge in [0.15, 0.2) is 16.9 Å². The number of amides is 1. The molecule has 106 valence electrons. The molecule has 1 amide bonds. The first kappa shape index (κ1) is 15.4. The maximum Gasteiger partial charge on any atom is 0.358 e. The van der Waals surface area contributed by atoms with E-state index in [0.717, 1.165) is 13.0 Å². The van der Waals surface area contributed by atoms with Crippen LogP contribution in [0, 0.1) is 5.92 Å². The Labute approximate surface area is 116 Å². The minimum absolute atomic E-state index is 0.185.